The van der Waals surface area contributed by atoms with E-state index in [1.165, 1.54) is 11.6 Å². The van der Waals surface area contributed by atoms with Crippen molar-refractivity contribution < 1.29 is 9.18 Å². The fourth-order valence-electron chi connectivity index (χ4n) is 3.08. The Bertz CT molecular complexity index is 716. The minimum Gasteiger partial charge on any atom is -0.311 e. The SMILES string of the molecule is CC(c1ccccc1F)N(C)CC(=O)N1CCc2ccccc21. The summed E-state index contributed by atoms with van der Waals surface area (Å²) in [5, 5.41) is 0. The van der Waals surface area contributed by atoms with E-state index in [4.69, 9.17) is 0 Å². The monoisotopic (exact) mass is 312 g/mol. The molecule has 0 bridgehead atoms. The Morgan fingerprint density at radius 3 is 2.70 bits per heavy atom. The number of rotatable bonds is 4. The van der Waals surface area contributed by atoms with E-state index < -0.39 is 0 Å². The average molecular weight is 312 g/mol. The van der Waals surface area contributed by atoms with E-state index in [9.17, 15) is 9.18 Å². The molecule has 1 heterocycles. The van der Waals surface area contributed by atoms with Crippen LogP contribution in [0.15, 0.2) is 48.5 Å². The molecular weight excluding hydrogens is 291 g/mol. The predicted molar refractivity (Wildman–Crippen MR) is 89.9 cm³/mol. The summed E-state index contributed by atoms with van der Waals surface area (Å²) in [6.45, 7) is 2.91. The molecule has 1 amide bonds. The van der Waals surface area contributed by atoms with Crippen LogP contribution in [-0.2, 0) is 11.2 Å². The lowest BCUT2D eigenvalue weighted by molar-refractivity contribution is -0.119. The lowest BCUT2D eigenvalue weighted by Gasteiger charge is -2.27. The third-order valence-electron chi connectivity index (χ3n) is 4.59. The first-order valence-corrected chi connectivity index (χ1v) is 7.91. The first-order valence-electron chi connectivity index (χ1n) is 7.91. The van der Waals surface area contributed by atoms with Gasteiger partial charge in [0, 0.05) is 23.8 Å². The number of halogens is 1. The summed E-state index contributed by atoms with van der Waals surface area (Å²) in [7, 11) is 1.86. The van der Waals surface area contributed by atoms with Gasteiger partial charge in [0.25, 0.3) is 0 Å². The molecule has 1 aliphatic heterocycles. The number of fused-ring (bicyclic) bond motifs is 1. The molecule has 23 heavy (non-hydrogen) atoms. The molecular formula is C19H21FN2O. The second-order valence-electron chi connectivity index (χ2n) is 6.04. The fourth-order valence-corrected chi connectivity index (χ4v) is 3.08. The number of carbonyl (C=O) groups is 1. The normalized spacial score (nSPS) is 14.9. The standard InChI is InChI=1S/C19H21FN2O/c1-14(16-8-4-5-9-17(16)20)21(2)13-19(23)22-12-11-15-7-3-6-10-18(15)22/h3-10,14H,11-13H2,1-2H3. The van der Waals surface area contributed by atoms with Crippen LogP contribution in [0, 0.1) is 5.82 Å². The van der Waals surface area contributed by atoms with Crippen LogP contribution in [-0.4, -0.2) is 30.9 Å². The third kappa shape index (κ3) is 3.13. The summed E-state index contributed by atoms with van der Waals surface area (Å²) in [5.41, 5.74) is 2.83. The Morgan fingerprint density at radius 2 is 1.91 bits per heavy atom. The molecule has 1 aliphatic rings. The van der Waals surface area contributed by atoms with Crippen LogP contribution in [0.25, 0.3) is 0 Å². The fraction of sp³-hybridized carbons (Fsp3) is 0.316. The van der Waals surface area contributed by atoms with E-state index in [1.807, 2.05) is 48.0 Å². The van der Waals surface area contributed by atoms with Crippen LogP contribution in [0.4, 0.5) is 10.1 Å². The highest BCUT2D eigenvalue weighted by molar-refractivity contribution is 5.96. The highest BCUT2D eigenvalue weighted by Crippen LogP contribution is 2.28. The zero-order valence-corrected chi connectivity index (χ0v) is 13.5. The highest BCUT2D eigenvalue weighted by Gasteiger charge is 2.26. The average Bonchev–Trinajstić information content (AvgIpc) is 2.98. The van der Waals surface area contributed by atoms with Gasteiger partial charge in [-0.25, -0.2) is 4.39 Å². The number of likely N-dealkylation sites (N-methyl/N-ethyl adjacent to an activating group) is 1. The van der Waals surface area contributed by atoms with Crippen molar-refractivity contribution in [3.8, 4) is 0 Å². The summed E-state index contributed by atoms with van der Waals surface area (Å²) in [6.07, 6.45) is 0.897. The lowest BCUT2D eigenvalue weighted by atomic mass is 10.1. The molecule has 3 nitrogen and oxygen atoms in total. The first-order chi connectivity index (χ1) is 11.1. The van der Waals surface area contributed by atoms with Crippen molar-refractivity contribution in [1.29, 1.82) is 0 Å². The van der Waals surface area contributed by atoms with E-state index in [2.05, 4.69) is 6.07 Å². The second-order valence-corrected chi connectivity index (χ2v) is 6.04. The Balaban J connectivity index is 1.70. The Labute approximate surface area is 136 Å². The van der Waals surface area contributed by atoms with Crippen molar-refractivity contribution in [2.45, 2.75) is 19.4 Å². The van der Waals surface area contributed by atoms with Gasteiger partial charge in [0.2, 0.25) is 5.91 Å². The van der Waals surface area contributed by atoms with Gasteiger partial charge in [-0.1, -0.05) is 36.4 Å². The Hall–Kier alpha value is -2.20. The van der Waals surface area contributed by atoms with Crippen molar-refractivity contribution in [2.75, 3.05) is 25.0 Å². The van der Waals surface area contributed by atoms with Crippen molar-refractivity contribution in [3.63, 3.8) is 0 Å². The van der Waals surface area contributed by atoms with E-state index in [1.54, 1.807) is 12.1 Å². The molecule has 0 fully saturated rings. The van der Waals surface area contributed by atoms with Gasteiger partial charge < -0.3 is 4.90 Å². The largest absolute Gasteiger partial charge is 0.311 e. The number of carbonyl (C=O) groups excluding carboxylic acids is 1. The zero-order valence-electron chi connectivity index (χ0n) is 13.5. The molecule has 0 aromatic heterocycles. The number of para-hydroxylation sites is 1. The smallest absolute Gasteiger partial charge is 0.241 e. The first kappa shape index (κ1) is 15.7. The van der Waals surface area contributed by atoms with Gasteiger partial charge in [0.1, 0.15) is 5.82 Å². The van der Waals surface area contributed by atoms with Crippen molar-refractivity contribution >= 4 is 11.6 Å². The van der Waals surface area contributed by atoms with Crippen molar-refractivity contribution in [1.82, 2.24) is 4.90 Å². The number of amides is 1. The van der Waals surface area contributed by atoms with Gasteiger partial charge in [0.15, 0.2) is 0 Å². The van der Waals surface area contributed by atoms with Crippen LogP contribution >= 0.6 is 0 Å². The maximum atomic E-state index is 13.9. The van der Waals surface area contributed by atoms with Crippen molar-refractivity contribution in [2.24, 2.45) is 0 Å². The number of anilines is 1. The number of hydrogen-bond acceptors (Lipinski definition) is 2. The molecule has 3 rings (SSSR count). The minimum atomic E-state index is -0.231. The predicted octanol–water partition coefficient (Wildman–Crippen LogP) is 3.41. The molecule has 0 spiro atoms. The molecule has 1 atom stereocenters. The second kappa shape index (κ2) is 6.50. The van der Waals surface area contributed by atoms with Crippen LogP contribution in [0.1, 0.15) is 24.1 Å². The van der Waals surface area contributed by atoms with Crippen LogP contribution in [0.3, 0.4) is 0 Å². The number of nitrogens with zero attached hydrogens (tertiary/aromatic N) is 2. The Kier molecular flexibility index (Phi) is 4.44. The van der Waals surface area contributed by atoms with Crippen molar-refractivity contribution in [3.05, 3.63) is 65.5 Å². The van der Waals surface area contributed by atoms with E-state index >= 15 is 0 Å². The molecule has 1 unspecified atom stereocenters. The molecule has 0 aliphatic carbocycles. The minimum absolute atomic E-state index is 0.0561. The summed E-state index contributed by atoms with van der Waals surface area (Å²) in [5.74, 6) is -0.175. The van der Waals surface area contributed by atoms with E-state index in [0.717, 1.165) is 18.7 Å². The van der Waals surface area contributed by atoms with Gasteiger partial charge in [-0.15, -0.1) is 0 Å². The quantitative estimate of drug-likeness (QED) is 0.864. The van der Waals surface area contributed by atoms with Gasteiger partial charge >= 0.3 is 0 Å². The van der Waals surface area contributed by atoms with Gasteiger partial charge in [-0.3, -0.25) is 9.69 Å². The van der Waals surface area contributed by atoms with Gasteiger partial charge in [-0.05, 0) is 38.1 Å². The summed E-state index contributed by atoms with van der Waals surface area (Å²) in [4.78, 5) is 16.4. The topological polar surface area (TPSA) is 23.6 Å². The zero-order chi connectivity index (χ0) is 16.4. The maximum absolute atomic E-state index is 13.9. The number of benzene rings is 2. The molecule has 0 saturated carbocycles. The van der Waals surface area contributed by atoms with Crippen LogP contribution in [0.2, 0.25) is 0 Å². The molecule has 4 heteroatoms. The van der Waals surface area contributed by atoms with Crippen LogP contribution < -0.4 is 4.90 Å². The molecule has 2 aromatic carbocycles. The molecule has 0 radical (unpaired) electrons. The van der Waals surface area contributed by atoms with Gasteiger partial charge in [-0.2, -0.15) is 0 Å². The molecule has 0 saturated heterocycles. The van der Waals surface area contributed by atoms with E-state index in [0.29, 0.717) is 5.56 Å². The van der Waals surface area contributed by atoms with Gasteiger partial charge in [0.05, 0.1) is 6.54 Å². The molecule has 0 N–H and O–H groups in total. The third-order valence-corrected chi connectivity index (χ3v) is 4.59. The van der Waals surface area contributed by atoms with Crippen LogP contribution in [0.5, 0.6) is 0 Å². The highest BCUT2D eigenvalue weighted by atomic mass is 19.1. The van der Waals surface area contributed by atoms with E-state index in [-0.39, 0.29) is 24.3 Å². The summed E-state index contributed by atoms with van der Waals surface area (Å²) >= 11 is 0. The lowest BCUT2D eigenvalue weighted by Crippen LogP contribution is -2.39. The molecule has 2 aromatic rings. The Morgan fingerprint density at radius 1 is 1.22 bits per heavy atom. The summed E-state index contributed by atoms with van der Waals surface area (Å²) < 4.78 is 13.9. The molecule has 120 valence electrons. The number of hydrogen-bond donors (Lipinski definition) is 0. The maximum Gasteiger partial charge on any atom is 0.241 e. The summed E-state index contributed by atoms with van der Waals surface area (Å²) in [6, 6.07) is 14.6.